The molecule has 0 atom stereocenters. The van der Waals surface area contributed by atoms with Crippen molar-refractivity contribution in [1.29, 1.82) is 0 Å². The number of hydrogen-bond acceptors (Lipinski definition) is 6. The number of nitrogens with two attached hydrogens (primary N) is 1. The molecule has 0 aliphatic rings. The van der Waals surface area contributed by atoms with Gasteiger partial charge in [0.1, 0.15) is 11.5 Å². The average Bonchev–Trinajstić information content (AvgIpc) is 2.75. The molecule has 0 spiro atoms. The number of aromatic nitrogens is 5. The third kappa shape index (κ3) is 4.33. The van der Waals surface area contributed by atoms with Crippen molar-refractivity contribution >= 4 is 22.6 Å². The molecule has 4 rings (SSSR count). The van der Waals surface area contributed by atoms with Gasteiger partial charge in [0.25, 0.3) is 5.56 Å². The zero-order chi connectivity index (χ0) is 22.0. The first-order chi connectivity index (χ1) is 15.0. The Morgan fingerprint density at radius 3 is 2.61 bits per heavy atom. The van der Waals surface area contributed by atoms with Crippen LogP contribution in [0.3, 0.4) is 0 Å². The third-order valence-electron chi connectivity index (χ3n) is 5.09. The number of halogens is 1. The van der Waals surface area contributed by atoms with Crippen LogP contribution >= 0.6 is 11.6 Å². The Balaban J connectivity index is 1.85. The van der Waals surface area contributed by atoms with E-state index in [4.69, 9.17) is 17.3 Å². The van der Waals surface area contributed by atoms with Crippen molar-refractivity contribution in [2.24, 2.45) is 5.73 Å². The van der Waals surface area contributed by atoms with E-state index < -0.39 is 0 Å². The number of nitrogens with zero attached hydrogens (tertiary/aromatic N) is 5. The zero-order valence-electron chi connectivity index (χ0n) is 17.5. The van der Waals surface area contributed by atoms with Crippen LogP contribution in [0.5, 0.6) is 0 Å². The van der Waals surface area contributed by atoms with E-state index in [2.05, 4.69) is 19.9 Å². The molecule has 0 radical (unpaired) electrons. The van der Waals surface area contributed by atoms with Gasteiger partial charge in [-0.15, -0.1) is 0 Å². The first kappa shape index (κ1) is 21.1. The molecule has 0 unspecified atom stereocenters. The predicted molar refractivity (Wildman–Crippen MR) is 123 cm³/mol. The molecular weight excluding hydrogens is 412 g/mol. The summed E-state index contributed by atoms with van der Waals surface area (Å²) in [5.74, 6) is 0.619. The molecule has 158 valence electrons. The van der Waals surface area contributed by atoms with Crippen molar-refractivity contribution in [3.8, 4) is 22.4 Å². The molecule has 31 heavy (non-hydrogen) atoms. The Morgan fingerprint density at radius 2 is 1.87 bits per heavy atom. The molecule has 0 fully saturated rings. The van der Waals surface area contributed by atoms with Crippen molar-refractivity contribution in [2.45, 2.75) is 33.2 Å². The normalized spacial score (nSPS) is 11.2. The number of benzene rings is 1. The van der Waals surface area contributed by atoms with Crippen LogP contribution in [0.15, 0.2) is 47.7 Å². The van der Waals surface area contributed by atoms with Gasteiger partial charge >= 0.3 is 0 Å². The van der Waals surface area contributed by atoms with Gasteiger partial charge in [-0.25, -0.2) is 15.0 Å². The molecule has 0 aliphatic heterocycles. The Kier molecular flexibility index (Phi) is 6.06. The van der Waals surface area contributed by atoms with Gasteiger partial charge in [-0.3, -0.25) is 14.3 Å². The lowest BCUT2D eigenvalue weighted by Gasteiger charge is -2.14. The first-order valence-electron chi connectivity index (χ1n) is 10.1. The second-order valence-corrected chi connectivity index (χ2v) is 7.85. The highest BCUT2D eigenvalue weighted by Gasteiger charge is 2.16. The fourth-order valence-corrected chi connectivity index (χ4v) is 3.84. The highest BCUT2D eigenvalue weighted by Crippen LogP contribution is 2.31. The zero-order valence-corrected chi connectivity index (χ0v) is 18.2. The minimum atomic E-state index is -0.132. The Morgan fingerprint density at radius 1 is 1.03 bits per heavy atom. The second kappa shape index (κ2) is 8.91. The van der Waals surface area contributed by atoms with Gasteiger partial charge < -0.3 is 5.73 Å². The first-order valence-corrected chi connectivity index (χ1v) is 10.5. The summed E-state index contributed by atoms with van der Waals surface area (Å²) in [5.41, 5.74) is 9.70. The van der Waals surface area contributed by atoms with Crippen LogP contribution < -0.4 is 11.3 Å². The van der Waals surface area contributed by atoms with E-state index in [9.17, 15) is 4.79 Å². The molecule has 0 aliphatic carbocycles. The van der Waals surface area contributed by atoms with Gasteiger partial charge in [-0.1, -0.05) is 23.7 Å². The highest BCUT2D eigenvalue weighted by atomic mass is 35.5. The predicted octanol–water partition coefficient (Wildman–Crippen LogP) is 3.92. The smallest absolute Gasteiger partial charge is 0.260 e. The summed E-state index contributed by atoms with van der Waals surface area (Å²) in [6.45, 7) is 4.81. The molecule has 4 aromatic rings. The van der Waals surface area contributed by atoms with Gasteiger partial charge in [-0.05, 0) is 45.4 Å². The minimum Gasteiger partial charge on any atom is -0.330 e. The van der Waals surface area contributed by atoms with Crippen molar-refractivity contribution in [2.75, 3.05) is 6.54 Å². The standard InChI is InChI=1S/C23H23ClN6O/c1-14-11-26-13-21(28-14)16-5-6-18(20(24)10-16)19-9-17-12-27-15(2)29-22(17)30(23(19)31)8-4-3-7-25/h5-6,9-13H,3-4,7-8,25H2,1-2H3. The number of unbranched alkanes of at least 4 members (excludes halogenated alkanes) is 1. The Labute approximate surface area is 185 Å². The van der Waals surface area contributed by atoms with Crippen molar-refractivity contribution in [3.63, 3.8) is 0 Å². The summed E-state index contributed by atoms with van der Waals surface area (Å²) in [5, 5.41) is 1.26. The van der Waals surface area contributed by atoms with E-state index in [1.165, 1.54) is 0 Å². The van der Waals surface area contributed by atoms with Crippen molar-refractivity contribution < 1.29 is 0 Å². The van der Waals surface area contributed by atoms with Crippen LogP contribution in [0.25, 0.3) is 33.4 Å². The van der Waals surface area contributed by atoms with Crippen molar-refractivity contribution in [3.05, 3.63) is 69.8 Å². The SMILES string of the molecule is Cc1cncc(-c2ccc(-c3cc4cnc(C)nc4n(CCCCN)c3=O)c(Cl)c2)n1. The molecule has 3 aromatic heterocycles. The lowest BCUT2D eigenvalue weighted by Crippen LogP contribution is -2.24. The number of aryl methyl sites for hydroxylation is 3. The lowest BCUT2D eigenvalue weighted by atomic mass is 10.0. The topological polar surface area (TPSA) is 99.6 Å². The molecule has 0 bridgehead atoms. The lowest BCUT2D eigenvalue weighted by molar-refractivity contribution is 0.611. The third-order valence-corrected chi connectivity index (χ3v) is 5.41. The van der Waals surface area contributed by atoms with Crippen molar-refractivity contribution in [1.82, 2.24) is 24.5 Å². The van der Waals surface area contributed by atoms with Crippen LogP contribution in [0, 0.1) is 13.8 Å². The minimum absolute atomic E-state index is 0.132. The quantitative estimate of drug-likeness (QED) is 0.461. The largest absolute Gasteiger partial charge is 0.330 e. The van der Waals surface area contributed by atoms with Crippen LogP contribution in [0.4, 0.5) is 0 Å². The van der Waals surface area contributed by atoms with E-state index in [0.717, 1.165) is 35.2 Å². The maximum atomic E-state index is 13.4. The number of rotatable bonds is 6. The number of pyridine rings is 1. The Hall–Kier alpha value is -3.16. The van der Waals surface area contributed by atoms with Gasteiger partial charge in [-0.2, -0.15) is 0 Å². The molecular formula is C23H23ClN6O. The van der Waals surface area contributed by atoms with Gasteiger partial charge in [0.15, 0.2) is 0 Å². The van der Waals surface area contributed by atoms with Crippen LogP contribution in [-0.2, 0) is 6.54 Å². The molecule has 0 saturated heterocycles. The Bertz CT molecular complexity index is 1320. The number of fused-ring (bicyclic) bond motifs is 1. The maximum absolute atomic E-state index is 13.4. The summed E-state index contributed by atoms with van der Waals surface area (Å²) in [6.07, 6.45) is 6.75. The molecule has 1 aromatic carbocycles. The second-order valence-electron chi connectivity index (χ2n) is 7.45. The molecule has 0 saturated carbocycles. The van der Waals surface area contributed by atoms with Crippen LogP contribution in [-0.4, -0.2) is 31.0 Å². The monoisotopic (exact) mass is 434 g/mol. The molecule has 0 amide bonds. The summed E-state index contributed by atoms with van der Waals surface area (Å²) >= 11 is 6.64. The maximum Gasteiger partial charge on any atom is 0.260 e. The summed E-state index contributed by atoms with van der Waals surface area (Å²) < 4.78 is 1.70. The molecule has 2 N–H and O–H groups in total. The summed E-state index contributed by atoms with van der Waals surface area (Å²) in [7, 11) is 0. The highest BCUT2D eigenvalue weighted by molar-refractivity contribution is 6.33. The molecule has 3 heterocycles. The van der Waals surface area contributed by atoms with E-state index in [-0.39, 0.29) is 5.56 Å². The van der Waals surface area contributed by atoms with E-state index in [1.54, 1.807) is 23.2 Å². The van der Waals surface area contributed by atoms with E-state index >= 15 is 0 Å². The fraction of sp³-hybridized carbons (Fsp3) is 0.261. The van der Waals surface area contributed by atoms with Gasteiger partial charge in [0.05, 0.1) is 17.6 Å². The van der Waals surface area contributed by atoms with E-state index in [1.807, 2.05) is 38.1 Å². The van der Waals surface area contributed by atoms with Crippen LogP contribution in [0.1, 0.15) is 24.4 Å². The fourth-order valence-electron chi connectivity index (χ4n) is 3.55. The molecule has 8 heteroatoms. The number of hydrogen-bond donors (Lipinski definition) is 1. The van der Waals surface area contributed by atoms with E-state index in [0.29, 0.717) is 40.7 Å². The average molecular weight is 435 g/mol. The molecule has 7 nitrogen and oxygen atoms in total. The van der Waals surface area contributed by atoms with Gasteiger partial charge in [0, 0.05) is 46.0 Å². The van der Waals surface area contributed by atoms with Gasteiger partial charge in [0.2, 0.25) is 0 Å². The summed E-state index contributed by atoms with van der Waals surface area (Å²) in [4.78, 5) is 30.9. The summed E-state index contributed by atoms with van der Waals surface area (Å²) in [6, 6.07) is 7.38. The van der Waals surface area contributed by atoms with Crippen LogP contribution in [0.2, 0.25) is 5.02 Å².